The van der Waals surface area contributed by atoms with E-state index in [1.54, 1.807) is 20.8 Å². The summed E-state index contributed by atoms with van der Waals surface area (Å²) in [6.07, 6.45) is 0. The third-order valence-corrected chi connectivity index (χ3v) is 3.11. The number of rotatable bonds is 4. The number of aromatic carboxylic acids is 1. The molecule has 0 fully saturated rings. The van der Waals surface area contributed by atoms with E-state index in [1.165, 1.54) is 17.6 Å². The molecule has 19 heavy (non-hydrogen) atoms. The van der Waals surface area contributed by atoms with Crippen molar-refractivity contribution in [3.8, 4) is 0 Å². The molecule has 1 aromatic heterocycles. The van der Waals surface area contributed by atoms with Gasteiger partial charge in [0.1, 0.15) is 6.04 Å². The Balaban J connectivity index is 3.69. The van der Waals surface area contributed by atoms with Gasteiger partial charge in [-0.2, -0.15) is 0 Å². The Hall–Kier alpha value is -2.11. The number of primary amides is 1. The molecule has 0 aliphatic carbocycles. The largest absolute Gasteiger partial charge is 0.478 e. The first-order valence-electron chi connectivity index (χ1n) is 5.93. The summed E-state index contributed by atoms with van der Waals surface area (Å²) >= 11 is 0. The van der Waals surface area contributed by atoms with Crippen LogP contribution in [0.15, 0.2) is 10.9 Å². The molecular weight excluding hydrogens is 248 g/mol. The van der Waals surface area contributed by atoms with E-state index in [-0.39, 0.29) is 17.2 Å². The summed E-state index contributed by atoms with van der Waals surface area (Å²) in [5.74, 6) is -1.99. The number of aromatic nitrogens is 1. The predicted molar refractivity (Wildman–Crippen MR) is 70.2 cm³/mol. The monoisotopic (exact) mass is 266 g/mol. The standard InChI is InChI=1S/C13H18N2O4/c1-6(2)11(12(14)17)15-8(4)10(13(18)19)7(3)5-9(15)16/h5-6,11H,1-4H3,(H2,14,17)(H,18,19). The third-order valence-electron chi connectivity index (χ3n) is 3.11. The highest BCUT2D eigenvalue weighted by molar-refractivity contribution is 5.90. The summed E-state index contributed by atoms with van der Waals surface area (Å²) in [6.45, 7) is 6.57. The number of amides is 1. The minimum Gasteiger partial charge on any atom is -0.478 e. The maximum absolute atomic E-state index is 12.0. The summed E-state index contributed by atoms with van der Waals surface area (Å²) in [4.78, 5) is 34.8. The van der Waals surface area contributed by atoms with Gasteiger partial charge in [0.2, 0.25) is 5.91 Å². The molecule has 0 saturated carbocycles. The Labute approximate surface area is 110 Å². The maximum Gasteiger partial charge on any atom is 0.337 e. The van der Waals surface area contributed by atoms with Crippen LogP contribution in [0.4, 0.5) is 0 Å². The van der Waals surface area contributed by atoms with Crippen molar-refractivity contribution in [2.45, 2.75) is 33.7 Å². The fourth-order valence-corrected chi connectivity index (χ4v) is 2.32. The van der Waals surface area contributed by atoms with Crippen LogP contribution in [-0.2, 0) is 4.79 Å². The number of hydrogen-bond donors (Lipinski definition) is 2. The van der Waals surface area contributed by atoms with Crippen LogP contribution >= 0.6 is 0 Å². The Bertz CT molecular complexity index is 587. The normalized spacial score (nSPS) is 12.5. The molecule has 6 heteroatoms. The van der Waals surface area contributed by atoms with Crippen LogP contribution in [0, 0.1) is 19.8 Å². The van der Waals surface area contributed by atoms with Crippen LogP contribution in [-0.4, -0.2) is 21.6 Å². The van der Waals surface area contributed by atoms with Crippen LogP contribution in [0.5, 0.6) is 0 Å². The number of carbonyl (C=O) groups is 2. The Morgan fingerprint density at radius 3 is 2.21 bits per heavy atom. The number of carboxylic acid groups (broad SMARTS) is 1. The van der Waals surface area contributed by atoms with E-state index >= 15 is 0 Å². The van der Waals surface area contributed by atoms with Crippen molar-refractivity contribution < 1.29 is 14.7 Å². The molecule has 0 saturated heterocycles. The molecule has 1 rings (SSSR count). The van der Waals surface area contributed by atoms with Gasteiger partial charge in [0, 0.05) is 11.8 Å². The average Bonchev–Trinajstić information content (AvgIpc) is 2.21. The number of carboxylic acids is 1. The number of carbonyl (C=O) groups excluding carboxylic acids is 1. The molecule has 1 atom stereocenters. The lowest BCUT2D eigenvalue weighted by molar-refractivity contribution is -0.122. The fraction of sp³-hybridized carbons (Fsp3) is 0.462. The van der Waals surface area contributed by atoms with Crippen molar-refractivity contribution in [2.75, 3.05) is 0 Å². The lowest BCUT2D eigenvalue weighted by Crippen LogP contribution is -2.39. The van der Waals surface area contributed by atoms with Crippen LogP contribution in [0.3, 0.4) is 0 Å². The van der Waals surface area contributed by atoms with Crippen LogP contribution in [0.25, 0.3) is 0 Å². The third kappa shape index (κ3) is 2.67. The van der Waals surface area contributed by atoms with Crippen LogP contribution in [0.1, 0.15) is 41.5 Å². The van der Waals surface area contributed by atoms with E-state index in [0.29, 0.717) is 5.56 Å². The Morgan fingerprint density at radius 1 is 1.32 bits per heavy atom. The molecule has 1 heterocycles. The highest BCUT2D eigenvalue weighted by atomic mass is 16.4. The number of hydrogen-bond acceptors (Lipinski definition) is 3. The topological polar surface area (TPSA) is 102 Å². The van der Waals surface area contributed by atoms with E-state index in [2.05, 4.69) is 0 Å². The summed E-state index contributed by atoms with van der Waals surface area (Å²) in [6, 6.07) is 0.362. The molecule has 0 aliphatic rings. The lowest BCUT2D eigenvalue weighted by atomic mass is 10.0. The van der Waals surface area contributed by atoms with Gasteiger partial charge in [-0.05, 0) is 25.3 Å². The van der Waals surface area contributed by atoms with Gasteiger partial charge in [-0.1, -0.05) is 13.8 Å². The molecule has 1 unspecified atom stereocenters. The van der Waals surface area contributed by atoms with Crippen molar-refractivity contribution in [1.29, 1.82) is 0 Å². The molecule has 6 nitrogen and oxygen atoms in total. The molecule has 0 bridgehead atoms. The van der Waals surface area contributed by atoms with Crippen molar-refractivity contribution >= 4 is 11.9 Å². The van der Waals surface area contributed by atoms with E-state index in [4.69, 9.17) is 5.73 Å². The number of nitrogens with two attached hydrogens (primary N) is 1. The Kier molecular flexibility index (Phi) is 4.14. The summed E-state index contributed by atoms with van der Waals surface area (Å²) in [7, 11) is 0. The van der Waals surface area contributed by atoms with Gasteiger partial charge >= 0.3 is 5.97 Å². The SMILES string of the molecule is Cc1cc(=O)n(C(C(N)=O)C(C)C)c(C)c1C(=O)O. The highest BCUT2D eigenvalue weighted by Gasteiger charge is 2.27. The minimum atomic E-state index is -1.13. The maximum atomic E-state index is 12.0. The first-order valence-corrected chi connectivity index (χ1v) is 5.93. The first kappa shape index (κ1) is 14.9. The molecule has 0 aromatic carbocycles. The molecule has 0 radical (unpaired) electrons. The number of aryl methyl sites for hydroxylation is 1. The van der Waals surface area contributed by atoms with E-state index < -0.39 is 23.5 Å². The van der Waals surface area contributed by atoms with Crippen molar-refractivity contribution in [1.82, 2.24) is 4.57 Å². The zero-order valence-corrected chi connectivity index (χ0v) is 11.4. The highest BCUT2D eigenvalue weighted by Crippen LogP contribution is 2.20. The van der Waals surface area contributed by atoms with Gasteiger partial charge in [0.15, 0.2) is 0 Å². The van der Waals surface area contributed by atoms with Crippen molar-refractivity contribution in [3.05, 3.63) is 33.2 Å². The second-order valence-corrected chi connectivity index (χ2v) is 4.89. The zero-order valence-electron chi connectivity index (χ0n) is 11.4. The predicted octanol–water partition coefficient (Wildman–Crippen LogP) is 0.846. The second-order valence-electron chi connectivity index (χ2n) is 4.89. The van der Waals surface area contributed by atoms with Gasteiger partial charge in [0.25, 0.3) is 5.56 Å². The Morgan fingerprint density at radius 2 is 1.84 bits per heavy atom. The van der Waals surface area contributed by atoms with Gasteiger partial charge in [-0.25, -0.2) is 4.79 Å². The zero-order chi connectivity index (χ0) is 14.9. The van der Waals surface area contributed by atoms with Crippen molar-refractivity contribution in [2.24, 2.45) is 11.7 Å². The van der Waals surface area contributed by atoms with E-state index in [0.717, 1.165) is 0 Å². The van der Waals surface area contributed by atoms with Gasteiger partial charge in [-0.15, -0.1) is 0 Å². The molecule has 1 amide bonds. The fourth-order valence-electron chi connectivity index (χ4n) is 2.32. The molecule has 0 spiro atoms. The first-order chi connectivity index (χ1) is 8.68. The quantitative estimate of drug-likeness (QED) is 0.843. The summed E-state index contributed by atoms with van der Waals surface area (Å²) in [5.41, 5.74) is 5.56. The van der Waals surface area contributed by atoms with Crippen molar-refractivity contribution in [3.63, 3.8) is 0 Å². The molecular formula is C13H18N2O4. The minimum absolute atomic E-state index is 0.0338. The average molecular weight is 266 g/mol. The summed E-state index contributed by atoms with van der Waals surface area (Å²) < 4.78 is 1.17. The van der Waals surface area contributed by atoms with Gasteiger partial charge < -0.3 is 10.8 Å². The number of nitrogens with zero attached hydrogens (tertiary/aromatic N) is 1. The van der Waals surface area contributed by atoms with E-state index in [1.807, 2.05) is 0 Å². The van der Waals surface area contributed by atoms with Gasteiger partial charge in [0.05, 0.1) is 5.56 Å². The lowest BCUT2D eigenvalue weighted by Gasteiger charge is -2.24. The molecule has 3 N–H and O–H groups in total. The molecule has 0 aliphatic heterocycles. The van der Waals surface area contributed by atoms with E-state index in [9.17, 15) is 19.5 Å². The van der Waals surface area contributed by atoms with Crippen LogP contribution in [0.2, 0.25) is 0 Å². The molecule has 1 aromatic rings. The molecule has 104 valence electrons. The van der Waals surface area contributed by atoms with Gasteiger partial charge in [-0.3, -0.25) is 14.2 Å². The second kappa shape index (κ2) is 5.26. The number of pyridine rings is 1. The van der Waals surface area contributed by atoms with Crippen LogP contribution < -0.4 is 11.3 Å². The summed E-state index contributed by atoms with van der Waals surface area (Å²) in [5, 5.41) is 9.19. The smallest absolute Gasteiger partial charge is 0.337 e.